The van der Waals surface area contributed by atoms with E-state index in [1.54, 1.807) is 24.5 Å². The minimum Gasteiger partial charge on any atom is -0.493 e. The fourth-order valence-electron chi connectivity index (χ4n) is 3.12. The molecular weight excluding hydrogens is 428 g/mol. The second-order valence-corrected chi connectivity index (χ2v) is 8.87. The van der Waals surface area contributed by atoms with Gasteiger partial charge in [-0.1, -0.05) is 12.1 Å². The number of benzene rings is 1. The normalized spacial score (nSPS) is 13.5. The number of likely N-dealkylation sites (N-methyl/N-ethyl adjacent to an activating group) is 1. The quantitative estimate of drug-likeness (QED) is 0.349. The molecule has 0 spiro atoms. The molecule has 164 valence electrons. The largest absolute Gasteiger partial charge is 0.493 e. The molecule has 12 heteroatoms. The number of hydrogen-bond donors (Lipinski definition) is 3. The number of carbonyl (C=O) groups is 1. The van der Waals surface area contributed by atoms with Crippen LogP contribution in [-0.2, 0) is 27.4 Å². The molecule has 1 atom stereocenters. The Morgan fingerprint density at radius 1 is 1.13 bits per heavy atom. The van der Waals surface area contributed by atoms with E-state index in [1.165, 1.54) is 31.3 Å². The summed E-state index contributed by atoms with van der Waals surface area (Å²) in [6.45, 7) is 0. The van der Waals surface area contributed by atoms with Gasteiger partial charge in [0, 0.05) is 26.5 Å². The highest BCUT2D eigenvalue weighted by molar-refractivity contribution is 7.91. The molecule has 0 radical (unpaired) electrons. The van der Waals surface area contributed by atoms with E-state index in [0.717, 1.165) is 23.4 Å². The number of sulfone groups is 1. The van der Waals surface area contributed by atoms with Gasteiger partial charge in [-0.25, -0.2) is 22.8 Å². The van der Waals surface area contributed by atoms with Crippen LogP contribution in [0.5, 0.6) is 5.88 Å². The highest BCUT2D eigenvalue weighted by atomic mass is 32.2. The summed E-state index contributed by atoms with van der Waals surface area (Å²) in [7, 11) is -2.28. The zero-order valence-corrected chi connectivity index (χ0v) is 17.4. The van der Waals surface area contributed by atoms with Gasteiger partial charge in [-0.05, 0) is 35.4 Å². The molecule has 3 aromatic rings. The van der Waals surface area contributed by atoms with Crippen LogP contribution in [0.1, 0.15) is 0 Å². The van der Waals surface area contributed by atoms with E-state index in [2.05, 4.69) is 4.98 Å². The fourth-order valence-corrected chi connectivity index (χ4v) is 4.62. The standard InChI is InChI=1S/C19H20N4O7S/c1-21-11-16(24)23(18(21)26)19(27,17(25)22(2)28)12-31(29,30)15-5-3-13(4-6-15)14-7-9-20-10-8-14/h3-11,24,27-28H,12H2,1-2H3. The molecule has 0 fully saturated rings. The first-order valence-electron chi connectivity index (χ1n) is 8.88. The van der Waals surface area contributed by atoms with Crippen LogP contribution in [0.15, 0.2) is 64.7 Å². The summed E-state index contributed by atoms with van der Waals surface area (Å²) in [5.74, 6) is -3.68. The van der Waals surface area contributed by atoms with Crippen LogP contribution in [0.3, 0.4) is 0 Å². The van der Waals surface area contributed by atoms with E-state index < -0.39 is 38.8 Å². The molecule has 0 bridgehead atoms. The molecule has 2 aromatic heterocycles. The number of imidazole rings is 1. The minimum absolute atomic E-state index is 0.0546. The van der Waals surface area contributed by atoms with Crippen LogP contribution in [0, 0.1) is 0 Å². The Bertz CT molecular complexity index is 1260. The summed E-state index contributed by atoms with van der Waals surface area (Å²) in [4.78, 5) is 28.5. The Morgan fingerprint density at radius 3 is 2.16 bits per heavy atom. The van der Waals surface area contributed by atoms with Gasteiger partial charge in [0.2, 0.25) is 11.6 Å². The third-order valence-corrected chi connectivity index (χ3v) is 6.43. The monoisotopic (exact) mass is 448 g/mol. The van der Waals surface area contributed by atoms with Gasteiger partial charge in [0.15, 0.2) is 9.84 Å². The molecule has 0 saturated heterocycles. The van der Waals surface area contributed by atoms with E-state index in [9.17, 15) is 33.4 Å². The predicted octanol–water partition coefficient (Wildman–Crippen LogP) is -0.0790. The Hall–Kier alpha value is -3.48. The summed E-state index contributed by atoms with van der Waals surface area (Å²) in [6, 6.07) is 9.12. The molecule has 0 saturated carbocycles. The number of aromatic hydroxyl groups is 1. The van der Waals surface area contributed by atoms with Crippen molar-refractivity contribution in [3.8, 4) is 17.0 Å². The van der Waals surface area contributed by atoms with Crippen LogP contribution in [0.2, 0.25) is 0 Å². The SMILES string of the molecule is CN(O)C(=O)C(O)(CS(=O)(=O)c1ccc(-c2ccncc2)cc1)n1c(O)cn(C)c1=O. The first kappa shape index (κ1) is 22.2. The van der Waals surface area contributed by atoms with Gasteiger partial charge in [0.1, 0.15) is 5.75 Å². The molecule has 0 aliphatic rings. The average molecular weight is 448 g/mol. The predicted molar refractivity (Wildman–Crippen MR) is 108 cm³/mol. The molecule has 1 unspecified atom stereocenters. The fraction of sp³-hybridized carbons (Fsp3) is 0.211. The lowest BCUT2D eigenvalue weighted by molar-refractivity contribution is -0.188. The number of aliphatic hydroxyl groups is 1. The lowest BCUT2D eigenvalue weighted by Crippen LogP contribution is -2.56. The number of carbonyl (C=O) groups excluding carboxylic acids is 1. The van der Waals surface area contributed by atoms with Gasteiger partial charge < -0.3 is 10.2 Å². The topological polar surface area (TPSA) is 155 Å². The van der Waals surface area contributed by atoms with Gasteiger partial charge in [-0.15, -0.1) is 0 Å². The third kappa shape index (κ3) is 4.08. The summed E-state index contributed by atoms with van der Waals surface area (Å²) in [5.41, 5.74) is -2.65. The van der Waals surface area contributed by atoms with Gasteiger partial charge in [-0.2, -0.15) is 0 Å². The number of hydrogen-bond acceptors (Lipinski definition) is 8. The lowest BCUT2D eigenvalue weighted by Gasteiger charge is -2.29. The second kappa shape index (κ2) is 7.98. The number of rotatable bonds is 6. The van der Waals surface area contributed by atoms with Crippen molar-refractivity contribution < 1.29 is 28.6 Å². The van der Waals surface area contributed by atoms with Crippen molar-refractivity contribution in [2.24, 2.45) is 7.05 Å². The molecule has 3 N–H and O–H groups in total. The van der Waals surface area contributed by atoms with Crippen molar-refractivity contribution in [2.75, 3.05) is 12.8 Å². The van der Waals surface area contributed by atoms with E-state index in [1.807, 2.05) is 0 Å². The number of hydroxylamine groups is 2. The van der Waals surface area contributed by atoms with Crippen molar-refractivity contribution in [3.05, 3.63) is 65.5 Å². The van der Waals surface area contributed by atoms with Crippen LogP contribution >= 0.6 is 0 Å². The summed E-state index contributed by atoms with van der Waals surface area (Å²) >= 11 is 0. The Kier molecular flexibility index (Phi) is 5.72. The van der Waals surface area contributed by atoms with Crippen molar-refractivity contribution >= 4 is 15.7 Å². The molecule has 31 heavy (non-hydrogen) atoms. The average Bonchev–Trinajstić information content (AvgIpc) is 2.99. The molecule has 1 amide bonds. The smallest absolute Gasteiger partial charge is 0.333 e. The highest BCUT2D eigenvalue weighted by Gasteiger charge is 2.47. The highest BCUT2D eigenvalue weighted by Crippen LogP contribution is 2.27. The maximum absolute atomic E-state index is 13.0. The van der Waals surface area contributed by atoms with E-state index in [-0.39, 0.29) is 14.5 Å². The van der Waals surface area contributed by atoms with Crippen molar-refractivity contribution in [1.29, 1.82) is 0 Å². The second-order valence-electron chi connectivity index (χ2n) is 6.88. The molecule has 0 aliphatic heterocycles. The van der Waals surface area contributed by atoms with Gasteiger partial charge in [-0.3, -0.25) is 19.6 Å². The van der Waals surface area contributed by atoms with Gasteiger partial charge >= 0.3 is 11.6 Å². The number of aromatic nitrogens is 3. The number of aryl methyl sites for hydroxylation is 1. The van der Waals surface area contributed by atoms with Gasteiger partial charge in [0.25, 0.3) is 0 Å². The van der Waals surface area contributed by atoms with Crippen molar-refractivity contribution in [3.63, 3.8) is 0 Å². The first-order chi connectivity index (χ1) is 14.5. The van der Waals surface area contributed by atoms with Crippen LogP contribution in [0.25, 0.3) is 11.1 Å². The zero-order valence-electron chi connectivity index (χ0n) is 16.6. The van der Waals surface area contributed by atoms with Crippen LogP contribution in [-0.4, -0.2) is 61.7 Å². The molecule has 2 heterocycles. The van der Waals surface area contributed by atoms with E-state index >= 15 is 0 Å². The number of nitrogens with zero attached hydrogens (tertiary/aromatic N) is 4. The van der Waals surface area contributed by atoms with E-state index in [4.69, 9.17) is 0 Å². The summed E-state index contributed by atoms with van der Waals surface area (Å²) in [6.07, 6.45) is 4.07. The van der Waals surface area contributed by atoms with E-state index in [0.29, 0.717) is 5.56 Å². The maximum atomic E-state index is 13.0. The van der Waals surface area contributed by atoms with Gasteiger partial charge in [0.05, 0.1) is 11.1 Å². The third-order valence-electron chi connectivity index (χ3n) is 4.66. The molecule has 0 aliphatic carbocycles. The first-order valence-corrected chi connectivity index (χ1v) is 10.5. The Morgan fingerprint density at radius 2 is 1.68 bits per heavy atom. The number of pyridine rings is 1. The summed E-state index contributed by atoms with van der Waals surface area (Å²) in [5, 5.41) is 30.5. The minimum atomic E-state index is -4.37. The molecule has 1 aromatic carbocycles. The van der Waals surface area contributed by atoms with Crippen molar-refractivity contribution in [2.45, 2.75) is 10.6 Å². The Balaban J connectivity index is 2.05. The lowest BCUT2D eigenvalue weighted by atomic mass is 10.1. The number of amides is 1. The zero-order chi connectivity index (χ0) is 23.0. The Labute approximate surface area is 176 Å². The maximum Gasteiger partial charge on any atom is 0.333 e. The van der Waals surface area contributed by atoms with Crippen molar-refractivity contribution in [1.82, 2.24) is 19.2 Å². The molecule has 11 nitrogen and oxygen atoms in total. The summed E-state index contributed by atoms with van der Waals surface area (Å²) < 4.78 is 27.1. The van der Waals surface area contributed by atoms with Crippen LogP contribution < -0.4 is 5.69 Å². The van der Waals surface area contributed by atoms with Crippen LogP contribution in [0.4, 0.5) is 0 Å². The molecular formula is C19H20N4O7S. The molecule has 3 rings (SSSR count).